The van der Waals surface area contributed by atoms with Crippen LogP contribution in [0.4, 0.5) is 0 Å². The lowest BCUT2D eigenvalue weighted by molar-refractivity contribution is -0.137. The van der Waals surface area contributed by atoms with Gasteiger partial charge >= 0.3 is 5.97 Å². The van der Waals surface area contributed by atoms with Crippen molar-refractivity contribution in [1.29, 1.82) is 5.26 Å². The fourth-order valence-corrected chi connectivity index (χ4v) is 1.34. The summed E-state index contributed by atoms with van der Waals surface area (Å²) >= 11 is 0. The quantitative estimate of drug-likeness (QED) is 0.340. The lowest BCUT2D eigenvalue weighted by Crippen LogP contribution is -2.06. The fourth-order valence-electron chi connectivity index (χ4n) is 1.34. The monoisotopic (exact) mass is 257 g/mol. The van der Waals surface area contributed by atoms with Gasteiger partial charge in [0.15, 0.2) is 0 Å². The SMILES string of the molecule is C=CCOC(=O)C(C#N)=Cc1ccc(OCC)cc1. The van der Waals surface area contributed by atoms with Crippen LogP contribution in [0.25, 0.3) is 6.08 Å². The molecule has 0 atom stereocenters. The Kier molecular flexibility index (Phi) is 5.90. The number of ether oxygens (including phenoxy) is 2. The second-order valence-corrected chi connectivity index (χ2v) is 3.56. The zero-order chi connectivity index (χ0) is 14.1. The molecule has 1 aromatic rings. The van der Waals surface area contributed by atoms with Crippen LogP contribution < -0.4 is 4.74 Å². The molecule has 0 spiro atoms. The Balaban J connectivity index is 2.83. The van der Waals surface area contributed by atoms with Gasteiger partial charge in [0.05, 0.1) is 6.61 Å². The van der Waals surface area contributed by atoms with Gasteiger partial charge in [-0.3, -0.25) is 0 Å². The maximum atomic E-state index is 11.5. The van der Waals surface area contributed by atoms with E-state index in [0.717, 1.165) is 11.3 Å². The number of nitriles is 1. The summed E-state index contributed by atoms with van der Waals surface area (Å²) in [5.41, 5.74) is 0.682. The van der Waals surface area contributed by atoms with E-state index >= 15 is 0 Å². The van der Waals surface area contributed by atoms with Crippen molar-refractivity contribution < 1.29 is 14.3 Å². The molecule has 98 valence electrons. The first-order valence-electron chi connectivity index (χ1n) is 5.84. The van der Waals surface area contributed by atoms with Gasteiger partial charge in [0.2, 0.25) is 0 Å². The number of carbonyl (C=O) groups is 1. The standard InChI is InChI=1S/C15H15NO3/c1-3-9-19-15(17)13(11-16)10-12-5-7-14(8-6-12)18-4-2/h3,5-8,10H,1,4,9H2,2H3. The summed E-state index contributed by atoms with van der Waals surface area (Å²) in [6.07, 6.45) is 2.92. The molecule has 0 radical (unpaired) electrons. The van der Waals surface area contributed by atoms with Gasteiger partial charge in [-0.15, -0.1) is 0 Å². The highest BCUT2D eigenvalue weighted by molar-refractivity contribution is 5.97. The average molecular weight is 257 g/mol. The Hall–Kier alpha value is -2.54. The van der Waals surface area contributed by atoms with Crippen LogP contribution >= 0.6 is 0 Å². The van der Waals surface area contributed by atoms with Gasteiger partial charge < -0.3 is 9.47 Å². The van der Waals surface area contributed by atoms with Crippen LogP contribution in [0.3, 0.4) is 0 Å². The molecule has 1 rings (SSSR count). The van der Waals surface area contributed by atoms with E-state index in [1.165, 1.54) is 12.2 Å². The van der Waals surface area contributed by atoms with Gasteiger partial charge in [-0.2, -0.15) is 5.26 Å². The van der Waals surface area contributed by atoms with Crippen LogP contribution in [-0.4, -0.2) is 19.2 Å². The Labute approximate surface area is 112 Å². The summed E-state index contributed by atoms with van der Waals surface area (Å²) < 4.78 is 10.1. The first-order chi connectivity index (χ1) is 9.21. The molecule has 0 aromatic heterocycles. The largest absolute Gasteiger partial charge is 0.494 e. The molecule has 1 aromatic carbocycles. The topological polar surface area (TPSA) is 59.3 Å². The van der Waals surface area contributed by atoms with Gasteiger partial charge in [-0.25, -0.2) is 4.79 Å². The number of benzene rings is 1. The molecule has 0 bridgehead atoms. The van der Waals surface area contributed by atoms with Crippen molar-refractivity contribution in [3.05, 3.63) is 48.1 Å². The number of nitrogens with zero attached hydrogens (tertiary/aromatic N) is 1. The Morgan fingerprint density at radius 3 is 2.63 bits per heavy atom. The molecule has 0 aliphatic heterocycles. The Morgan fingerprint density at radius 2 is 2.11 bits per heavy atom. The van der Waals surface area contributed by atoms with Crippen LogP contribution in [0, 0.1) is 11.3 Å². The summed E-state index contributed by atoms with van der Waals surface area (Å²) in [5.74, 6) is 0.0867. The van der Waals surface area contributed by atoms with Crippen molar-refractivity contribution in [2.75, 3.05) is 13.2 Å². The van der Waals surface area contributed by atoms with E-state index in [4.69, 9.17) is 14.7 Å². The minimum Gasteiger partial charge on any atom is -0.494 e. The highest BCUT2D eigenvalue weighted by atomic mass is 16.5. The number of rotatable bonds is 6. The average Bonchev–Trinajstić information content (AvgIpc) is 2.44. The van der Waals surface area contributed by atoms with Crippen molar-refractivity contribution in [3.8, 4) is 11.8 Å². The maximum Gasteiger partial charge on any atom is 0.349 e. The third-order valence-corrected chi connectivity index (χ3v) is 2.17. The van der Waals surface area contributed by atoms with Gasteiger partial charge in [0, 0.05) is 0 Å². The number of esters is 1. The predicted octanol–water partition coefficient (Wildman–Crippen LogP) is 2.72. The lowest BCUT2D eigenvalue weighted by Gasteiger charge is -2.03. The molecule has 0 aliphatic carbocycles. The lowest BCUT2D eigenvalue weighted by atomic mass is 10.1. The fraction of sp³-hybridized carbons (Fsp3) is 0.200. The summed E-state index contributed by atoms with van der Waals surface area (Å²) in [5, 5.41) is 8.93. The smallest absolute Gasteiger partial charge is 0.349 e. The molecule has 4 nitrogen and oxygen atoms in total. The van der Waals surface area contributed by atoms with Crippen LogP contribution in [-0.2, 0) is 9.53 Å². The van der Waals surface area contributed by atoms with Crippen molar-refractivity contribution >= 4 is 12.0 Å². The molecule has 0 unspecified atom stereocenters. The highest BCUT2D eigenvalue weighted by Crippen LogP contribution is 2.14. The van der Waals surface area contributed by atoms with Crippen LogP contribution in [0.15, 0.2) is 42.5 Å². The molecule has 0 saturated heterocycles. The van der Waals surface area contributed by atoms with Crippen molar-refractivity contribution in [1.82, 2.24) is 0 Å². The normalized spacial score (nSPS) is 10.4. The van der Waals surface area contributed by atoms with E-state index in [1.807, 2.05) is 13.0 Å². The predicted molar refractivity (Wildman–Crippen MR) is 72.4 cm³/mol. The molecule has 4 heteroatoms. The second kappa shape index (κ2) is 7.72. The second-order valence-electron chi connectivity index (χ2n) is 3.56. The highest BCUT2D eigenvalue weighted by Gasteiger charge is 2.09. The molecule has 0 heterocycles. The Morgan fingerprint density at radius 1 is 1.42 bits per heavy atom. The first kappa shape index (κ1) is 14.5. The molecule has 19 heavy (non-hydrogen) atoms. The van der Waals surface area contributed by atoms with Crippen LogP contribution in [0.5, 0.6) is 5.75 Å². The molecule has 0 amide bonds. The van der Waals surface area contributed by atoms with Gasteiger partial charge in [0.1, 0.15) is 24.0 Å². The molecule has 0 fully saturated rings. The van der Waals surface area contributed by atoms with Crippen molar-refractivity contribution in [2.24, 2.45) is 0 Å². The zero-order valence-electron chi connectivity index (χ0n) is 10.8. The van der Waals surface area contributed by atoms with E-state index < -0.39 is 5.97 Å². The summed E-state index contributed by atoms with van der Waals surface area (Å²) in [7, 11) is 0. The minimum atomic E-state index is -0.656. The van der Waals surface area contributed by atoms with Gasteiger partial charge in [-0.1, -0.05) is 24.8 Å². The van der Waals surface area contributed by atoms with Crippen LogP contribution in [0.2, 0.25) is 0 Å². The number of hydrogen-bond donors (Lipinski definition) is 0. The van der Waals surface area contributed by atoms with Gasteiger partial charge in [-0.05, 0) is 30.7 Å². The van der Waals surface area contributed by atoms with E-state index in [-0.39, 0.29) is 12.2 Å². The van der Waals surface area contributed by atoms with Crippen LogP contribution in [0.1, 0.15) is 12.5 Å². The summed E-state index contributed by atoms with van der Waals surface area (Å²) in [4.78, 5) is 11.5. The van der Waals surface area contributed by atoms with Crippen molar-refractivity contribution in [2.45, 2.75) is 6.92 Å². The van der Waals surface area contributed by atoms with E-state index in [9.17, 15) is 4.79 Å². The van der Waals surface area contributed by atoms with Gasteiger partial charge in [0.25, 0.3) is 0 Å². The number of hydrogen-bond acceptors (Lipinski definition) is 4. The maximum absolute atomic E-state index is 11.5. The summed E-state index contributed by atoms with van der Waals surface area (Å²) in [6.45, 7) is 6.01. The third kappa shape index (κ3) is 4.68. The third-order valence-electron chi connectivity index (χ3n) is 2.17. The van der Waals surface area contributed by atoms with Crippen molar-refractivity contribution in [3.63, 3.8) is 0 Å². The summed E-state index contributed by atoms with van der Waals surface area (Å²) in [6, 6.07) is 8.91. The van der Waals surface area contributed by atoms with E-state index in [0.29, 0.717) is 6.61 Å². The molecular weight excluding hydrogens is 242 g/mol. The zero-order valence-corrected chi connectivity index (χ0v) is 10.8. The molecular formula is C15H15NO3. The van der Waals surface area contributed by atoms with E-state index in [2.05, 4.69) is 6.58 Å². The first-order valence-corrected chi connectivity index (χ1v) is 5.84. The molecule has 0 saturated carbocycles. The number of carbonyl (C=O) groups excluding carboxylic acids is 1. The minimum absolute atomic E-state index is 0.0500. The molecule has 0 aliphatic rings. The van der Waals surface area contributed by atoms with E-state index in [1.54, 1.807) is 24.3 Å². The Bertz CT molecular complexity index is 509. The molecule has 0 N–H and O–H groups in total.